The molecule has 0 heterocycles. The summed E-state index contributed by atoms with van der Waals surface area (Å²) >= 11 is 0. The largest absolute Gasteiger partial charge is 0.522 e. The van der Waals surface area contributed by atoms with Gasteiger partial charge in [0.05, 0.1) is 13.2 Å². The lowest BCUT2D eigenvalue weighted by atomic mass is 10.2. The maximum atomic E-state index is 11.7. The van der Waals surface area contributed by atoms with Gasteiger partial charge in [0, 0.05) is 0 Å². The molecule has 0 aliphatic heterocycles. The smallest absolute Gasteiger partial charge is 0.465 e. The molecule has 1 rings (SSSR count). The first-order valence-electron chi connectivity index (χ1n) is 5.98. The molecule has 6 heteroatoms. The van der Waals surface area contributed by atoms with E-state index in [9.17, 15) is 13.2 Å². The lowest BCUT2D eigenvalue weighted by Gasteiger charge is -2.16. The van der Waals surface area contributed by atoms with E-state index < -0.39 is 19.3 Å². The van der Waals surface area contributed by atoms with Crippen molar-refractivity contribution in [2.45, 2.75) is 32.9 Å². The molecule has 1 atom stereocenters. The Morgan fingerprint density at radius 3 is 2.26 bits per heavy atom. The van der Waals surface area contributed by atoms with Crippen LogP contribution in [-0.2, 0) is 15.9 Å². The lowest BCUT2D eigenvalue weighted by molar-refractivity contribution is -0.328. The van der Waals surface area contributed by atoms with Crippen molar-refractivity contribution >= 4 is 0 Å². The van der Waals surface area contributed by atoms with Crippen molar-refractivity contribution in [2.24, 2.45) is 0 Å². The molecule has 108 valence electrons. The van der Waals surface area contributed by atoms with E-state index in [1.165, 1.54) is 5.56 Å². The van der Waals surface area contributed by atoms with Gasteiger partial charge in [0.15, 0.2) is 6.29 Å². The molecule has 0 saturated carbocycles. The third-order valence-electron chi connectivity index (χ3n) is 2.34. The number of hydrogen-bond acceptors (Lipinski definition) is 3. The standard InChI is InChI=1S/C13H17F3O3/c1-3-11-4-6-12(7-5-11)19-10(2)17-8-9-18-13(14,15)16/h4-7,10H,3,8-9H2,1-2H3. The molecule has 19 heavy (non-hydrogen) atoms. The van der Waals surface area contributed by atoms with Crippen LogP contribution in [0.25, 0.3) is 0 Å². The van der Waals surface area contributed by atoms with E-state index in [0.29, 0.717) is 5.75 Å². The second-order valence-corrected chi connectivity index (χ2v) is 3.85. The zero-order chi connectivity index (χ0) is 14.3. The molecule has 1 unspecified atom stereocenters. The van der Waals surface area contributed by atoms with E-state index in [1.807, 2.05) is 19.1 Å². The van der Waals surface area contributed by atoms with E-state index in [2.05, 4.69) is 4.74 Å². The van der Waals surface area contributed by atoms with Crippen LogP contribution >= 0.6 is 0 Å². The summed E-state index contributed by atoms with van der Waals surface area (Å²) in [6.45, 7) is 2.92. The minimum atomic E-state index is -4.62. The fraction of sp³-hybridized carbons (Fsp3) is 0.538. The summed E-state index contributed by atoms with van der Waals surface area (Å²) in [5.74, 6) is 0.612. The van der Waals surface area contributed by atoms with Crippen molar-refractivity contribution in [1.29, 1.82) is 0 Å². The number of hydrogen-bond donors (Lipinski definition) is 0. The van der Waals surface area contributed by atoms with Gasteiger partial charge in [-0.3, -0.25) is 4.74 Å². The van der Waals surface area contributed by atoms with Gasteiger partial charge in [-0.05, 0) is 31.0 Å². The number of ether oxygens (including phenoxy) is 3. The zero-order valence-electron chi connectivity index (χ0n) is 10.9. The number of aryl methyl sites for hydroxylation is 1. The van der Waals surface area contributed by atoms with Crippen LogP contribution in [0.1, 0.15) is 19.4 Å². The van der Waals surface area contributed by atoms with Crippen LogP contribution in [0.15, 0.2) is 24.3 Å². The Labute approximate surface area is 110 Å². The van der Waals surface area contributed by atoms with Crippen molar-refractivity contribution < 1.29 is 27.4 Å². The second-order valence-electron chi connectivity index (χ2n) is 3.85. The average Bonchev–Trinajstić information content (AvgIpc) is 2.34. The maximum Gasteiger partial charge on any atom is 0.522 e. The van der Waals surface area contributed by atoms with Gasteiger partial charge in [-0.2, -0.15) is 0 Å². The van der Waals surface area contributed by atoms with Crippen LogP contribution in [0.4, 0.5) is 13.2 Å². The minimum absolute atomic E-state index is 0.187. The second kappa shape index (κ2) is 7.35. The molecule has 0 radical (unpaired) electrons. The number of rotatable bonds is 7. The average molecular weight is 278 g/mol. The maximum absolute atomic E-state index is 11.7. The molecule has 0 aliphatic carbocycles. The summed E-state index contributed by atoms with van der Waals surface area (Å²) < 4.78 is 49.1. The summed E-state index contributed by atoms with van der Waals surface area (Å²) in [5.41, 5.74) is 1.18. The van der Waals surface area contributed by atoms with Gasteiger partial charge in [0.2, 0.25) is 0 Å². The topological polar surface area (TPSA) is 27.7 Å². The predicted octanol–water partition coefficient (Wildman–Crippen LogP) is 3.53. The molecule has 0 aliphatic rings. The minimum Gasteiger partial charge on any atom is -0.465 e. The van der Waals surface area contributed by atoms with E-state index >= 15 is 0 Å². The fourth-order valence-electron chi connectivity index (χ4n) is 1.40. The summed E-state index contributed by atoms with van der Waals surface area (Å²) in [6.07, 6.45) is -4.32. The quantitative estimate of drug-likeness (QED) is 0.564. The van der Waals surface area contributed by atoms with Crippen LogP contribution in [0, 0.1) is 0 Å². The first kappa shape index (κ1) is 15.8. The Bertz CT molecular complexity index is 362. The van der Waals surface area contributed by atoms with Crippen LogP contribution in [0.5, 0.6) is 5.75 Å². The first-order chi connectivity index (χ1) is 8.90. The monoisotopic (exact) mass is 278 g/mol. The normalized spacial score (nSPS) is 13.3. The van der Waals surface area contributed by atoms with Crippen molar-refractivity contribution in [2.75, 3.05) is 13.2 Å². The highest BCUT2D eigenvalue weighted by Crippen LogP contribution is 2.16. The van der Waals surface area contributed by atoms with Crippen molar-refractivity contribution in [3.8, 4) is 5.75 Å². The van der Waals surface area contributed by atoms with E-state index in [-0.39, 0.29) is 6.61 Å². The third-order valence-corrected chi connectivity index (χ3v) is 2.34. The van der Waals surface area contributed by atoms with Gasteiger partial charge in [-0.15, -0.1) is 13.2 Å². The molecular formula is C13H17F3O3. The summed E-state index contributed by atoms with van der Waals surface area (Å²) in [5, 5.41) is 0. The third kappa shape index (κ3) is 7.03. The van der Waals surface area contributed by atoms with Gasteiger partial charge in [0.25, 0.3) is 0 Å². The SMILES string of the molecule is CCc1ccc(OC(C)OCCOC(F)(F)F)cc1. The Hall–Kier alpha value is -1.27. The molecule has 0 N–H and O–H groups in total. The lowest BCUT2D eigenvalue weighted by Crippen LogP contribution is -2.22. The molecular weight excluding hydrogens is 261 g/mol. The summed E-state index contributed by atoms with van der Waals surface area (Å²) in [7, 11) is 0. The fourth-order valence-corrected chi connectivity index (χ4v) is 1.40. The van der Waals surface area contributed by atoms with Crippen molar-refractivity contribution in [3.63, 3.8) is 0 Å². The van der Waals surface area contributed by atoms with Gasteiger partial charge in [-0.1, -0.05) is 19.1 Å². The zero-order valence-corrected chi connectivity index (χ0v) is 10.9. The highest BCUT2D eigenvalue weighted by atomic mass is 19.4. The predicted molar refractivity (Wildman–Crippen MR) is 63.9 cm³/mol. The highest BCUT2D eigenvalue weighted by Gasteiger charge is 2.28. The number of benzene rings is 1. The van der Waals surface area contributed by atoms with Crippen molar-refractivity contribution in [3.05, 3.63) is 29.8 Å². The Kier molecular flexibility index (Phi) is 6.11. The first-order valence-corrected chi connectivity index (χ1v) is 5.98. The molecule has 0 spiro atoms. The van der Waals surface area contributed by atoms with E-state index in [4.69, 9.17) is 9.47 Å². The van der Waals surface area contributed by atoms with Crippen LogP contribution < -0.4 is 4.74 Å². The van der Waals surface area contributed by atoms with Gasteiger partial charge < -0.3 is 9.47 Å². The molecule has 1 aromatic carbocycles. The molecule has 3 nitrogen and oxygen atoms in total. The van der Waals surface area contributed by atoms with Crippen LogP contribution in [-0.4, -0.2) is 25.9 Å². The van der Waals surface area contributed by atoms with Crippen LogP contribution in [0.2, 0.25) is 0 Å². The number of halogens is 3. The Morgan fingerprint density at radius 1 is 1.11 bits per heavy atom. The summed E-state index contributed by atoms with van der Waals surface area (Å²) in [4.78, 5) is 0. The molecule has 0 amide bonds. The molecule has 0 bridgehead atoms. The summed E-state index contributed by atoms with van der Waals surface area (Å²) in [6, 6.07) is 7.44. The van der Waals surface area contributed by atoms with Gasteiger partial charge >= 0.3 is 6.36 Å². The molecule has 1 aromatic rings. The van der Waals surface area contributed by atoms with Gasteiger partial charge in [-0.25, -0.2) is 0 Å². The van der Waals surface area contributed by atoms with E-state index in [1.54, 1.807) is 19.1 Å². The molecule has 0 saturated heterocycles. The molecule has 0 fully saturated rings. The molecule has 0 aromatic heterocycles. The highest BCUT2D eigenvalue weighted by molar-refractivity contribution is 5.27. The Balaban J connectivity index is 2.24. The van der Waals surface area contributed by atoms with Crippen molar-refractivity contribution in [1.82, 2.24) is 0 Å². The van der Waals surface area contributed by atoms with Crippen LogP contribution in [0.3, 0.4) is 0 Å². The Morgan fingerprint density at radius 2 is 1.74 bits per heavy atom. The number of alkyl halides is 3. The van der Waals surface area contributed by atoms with Gasteiger partial charge in [0.1, 0.15) is 5.75 Å². The van der Waals surface area contributed by atoms with E-state index in [0.717, 1.165) is 6.42 Å².